The lowest BCUT2D eigenvalue weighted by Crippen LogP contribution is -2.10. The molecule has 118 valence electrons. The molecule has 2 rings (SSSR count). The van der Waals surface area contributed by atoms with Crippen LogP contribution < -0.4 is 0 Å². The van der Waals surface area contributed by atoms with Gasteiger partial charge in [-0.05, 0) is 29.9 Å². The highest BCUT2D eigenvalue weighted by molar-refractivity contribution is 5.90. The second-order valence-electron chi connectivity index (χ2n) is 6.37. The minimum Gasteiger partial charge on any atom is -0.264 e. The van der Waals surface area contributed by atoms with Crippen LogP contribution in [0.15, 0.2) is 43.5 Å². The fraction of sp³-hybridized carbons (Fsp3) is 0.450. The molecule has 2 nitrogen and oxygen atoms in total. The fourth-order valence-corrected chi connectivity index (χ4v) is 2.75. The fourth-order valence-electron chi connectivity index (χ4n) is 2.75. The highest BCUT2D eigenvalue weighted by Gasteiger charge is 2.16. The second kappa shape index (κ2) is 7.44. The minimum atomic E-state index is 0.405. The Bertz CT molecular complexity index is 649. The number of allylic oxidation sites excluding steroid dienone is 2. The first kappa shape index (κ1) is 16.5. The van der Waals surface area contributed by atoms with E-state index in [0.717, 1.165) is 17.8 Å². The van der Waals surface area contributed by atoms with Crippen molar-refractivity contribution in [2.45, 2.75) is 46.6 Å². The lowest BCUT2D eigenvalue weighted by atomic mass is 9.99. The molecule has 0 aliphatic heterocycles. The van der Waals surface area contributed by atoms with Gasteiger partial charge in [0.25, 0.3) is 0 Å². The average molecular weight is 296 g/mol. The Morgan fingerprint density at radius 2 is 2.05 bits per heavy atom. The van der Waals surface area contributed by atoms with Gasteiger partial charge in [0.2, 0.25) is 0 Å². The van der Waals surface area contributed by atoms with Gasteiger partial charge < -0.3 is 0 Å². The molecule has 1 aromatic carbocycles. The SMILES string of the molecule is C=CC(CCCC)Cn1nc(C(=C)C(C)C)c2ccccc21. The van der Waals surface area contributed by atoms with Gasteiger partial charge in [0, 0.05) is 11.9 Å². The summed E-state index contributed by atoms with van der Waals surface area (Å²) in [5.74, 6) is 0.880. The van der Waals surface area contributed by atoms with Gasteiger partial charge >= 0.3 is 0 Å². The normalized spacial score (nSPS) is 12.7. The number of para-hydroxylation sites is 1. The first-order valence-electron chi connectivity index (χ1n) is 8.35. The van der Waals surface area contributed by atoms with Crippen molar-refractivity contribution in [2.24, 2.45) is 11.8 Å². The zero-order chi connectivity index (χ0) is 16.1. The maximum absolute atomic E-state index is 4.88. The lowest BCUT2D eigenvalue weighted by molar-refractivity contribution is 0.458. The highest BCUT2D eigenvalue weighted by Crippen LogP contribution is 2.28. The quantitative estimate of drug-likeness (QED) is 0.571. The van der Waals surface area contributed by atoms with E-state index in [0.29, 0.717) is 11.8 Å². The monoisotopic (exact) mass is 296 g/mol. The summed E-state index contributed by atoms with van der Waals surface area (Å²) in [7, 11) is 0. The van der Waals surface area contributed by atoms with Gasteiger partial charge in [-0.2, -0.15) is 5.10 Å². The van der Waals surface area contributed by atoms with Gasteiger partial charge in [-0.15, -0.1) is 6.58 Å². The molecule has 0 bridgehead atoms. The maximum atomic E-state index is 4.88. The van der Waals surface area contributed by atoms with Gasteiger partial charge in [0.15, 0.2) is 0 Å². The van der Waals surface area contributed by atoms with E-state index in [1.54, 1.807) is 0 Å². The summed E-state index contributed by atoms with van der Waals surface area (Å²) in [4.78, 5) is 0. The van der Waals surface area contributed by atoms with Crippen LogP contribution in [-0.2, 0) is 6.54 Å². The molecule has 0 fully saturated rings. The Balaban J connectivity index is 2.37. The molecule has 1 aromatic heterocycles. The number of aromatic nitrogens is 2. The van der Waals surface area contributed by atoms with Crippen LogP contribution in [0.2, 0.25) is 0 Å². The third-order valence-corrected chi connectivity index (χ3v) is 4.33. The zero-order valence-electron chi connectivity index (χ0n) is 14.2. The number of rotatable bonds is 8. The number of nitrogens with zero attached hydrogens (tertiary/aromatic N) is 2. The molecule has 0 spiro atoms. The smallest absolute Gasteiger partial charge is 0.0958 e. The third-order valence-electron chi connectivity index (χ3n) is 4.33. The van der Waals surface area contributed by atoms with Crippen LogP contribution in [0.1, 0.15) is 45.7 Å². The summed E-state index contributed by atoms with van der Waals surface area (Å²) < 4.78 is 2.14. The molecule has 1 heterocycles. The van der Waals surface area contributed by atoms with E-state index in [9.17, 15) is 0 Å². The summed E-state index contributed by atoms with van der Waals surface area (Å²) >= 11 is 0. The Morgan fingerprint density at radius 1 is 1.32 bits per heavy atom. The molecule has 0 amide bonds. The highest BCUT2D eigenvalue weighted by atomic mass is 15.3. The number of fused-ring (bicyclic) bond motifs is 1. The molecule has 0 saturated carbocycles. The van der Waals surface area contributed by atoms with Gasteiger partial charge in [0.1, 0.15) is 0 Å². The topological polar surface area (TPSA) is 17.8 Å². The van der Waals surface area contributed by atoms with Crippen LogP contribution in [0.3, 0.4) is 0 Å². The number of benzene rings is 1. The van der Waals surface area contributed by atoms with Gasteiger partial charge in [-0.25, -0.2) is 0 Å². The standard InChI is InChI=1S/C20H28N2/c1-6-8-11-17(7-2)14-22-19-13-10-9-12-18(19)20(21-22)16(5)15(3)4/h7,9-10,12-13,15,17H,2,5-6,8,11,14H2,1,3-4H3. The molecule has 0 aliphatic rings. The van der Waals surface area contributed by atoms with Crippen LogP contribution in [0.25, 0.3) is 16.5 Å². The molecule has 2 aromatic rings. The Labute approximate surface area is 134 Å². The van der Waals surface area contributed by atoms with E-state index < -0.39 is 0 Å². The van der Waals surface area contributed by atoms with Gasteiger partial charge in [-0.3, -0.25) is 4.68 Å². The van der Waals surface area contributed by atoms with Crippen molar-refractivity contribution in [3.05, 3.63) is 49.2 Å². The molecular formula is C20H28N2. The molecule has 2 heteroatoms. The average Bonchev–Trinajstić information content (AvgIpc) is 2.89. The van der Waals surface area contributed by atoms with Crippen LogP contribution in [0.4, 0.5) is 0 Å². The van der Waals surface area contributed by atoms with Crippen molar-refractivity contribution >= 4 is 16.5 Å². The van der Waals surface area contributed by atoms with E-state index in [4.69, 9.17) is 5.10 Å². The summed E-state index contributed by atoms with van der Waals surface area (Å²) in [6, 6.07) is 8.46. The van der Waals surface area contributed by atoms with Gasteiger partial charge in [-0.1, -0.05) is 64.5 Å². The zero-order valence-corrected chi connectivity index (χ0v) is 14.2. The molecule has 0 N–H and O–H groups in total. The second-order valence-corrected chi connectivity index (χ2v) is 6.37. The first-order chi connectivity index (χ1) is 10.6. The summed E-state index contributed by atoms with van der Waals surface area (Å²) in [6.45, 7) is 15.7. The molecule has 22 heavy (non-hydrogen) atoms. The number of hydrogen-bond donors (Lipinski definition) is 0. The van der Waals surface area contributed by atoms with Crippen molar-refractivity contribution in [3.8, 4) is 0 Å². The van der Waals surface area contributed by atoms with Crippen molar-refractivity contribution in [3.63, 3.8) is 0 Å². The molecular weight excluding hydrogens is 268 g/mol. The van der Waals surface area contributed by atoms with E-state index in [2.05, 4.69) is 69.0 Å². The van der Waals surface area contributed by atoms with E-state index in [-0.39, 0.29) is 0 Å². The van der Waals surface area contributed by atoms with Crippen molar-refractivity contribution in [2.75, 3.05) is 0 Å². The number of unbranched alkanes of at least 4 members (excludes halogenated alkanes) is 1. The van der Waals surface area contributed by atoms with E-state index in [1.165, 1.54) is 30.2 Å². The van der Waals surface area contributed by atoms with Crippen molar-refractivity contribution < 1.29 is 0 Å². The first-order valence-corrected chi connectivity index (χ1v) is 8.35. The Morgan fingerprint density at radius 3 is 2.68 bits per heavy atom. The predicted molar refractivity (Wildman–Crippen MR) is 96.8 cm³/mol. The van der Waals surface area contributed by atoms with Crippen molar-refractivity contribution in [1.82, 2.24) is 9.78 Å². The Kier molecular flexibility index (Phi) is 5.59. The maximum Gasteiger partial charge on any atom is 0.0958 e. The van der Waals surface area contributed by atoms with Crippen LogP contribution in [-0.4, -0.2) is 9.78 Å². The van der Waals surface area contributed by atoms with Gasteiger partial charge in [0.05, 0.1) is 11.2 Å². The summed E-state index contributed by atoms with van der Waals surface area (Å²) in [5.41, 5.74) is 3.35. The molecule has 1 unspecified atom stereocenters. The number of hydrogen-bond acceptors (Lipinski definition) is 1. The third kappa shape index (κ3) is 3.49. The Hall–Kier alpha value is -1.83. The van der Waals surface area contributed by atoms with Crippen LogP contribution >= 0.6 is 0 Å². The minimum absolute atomic E-state index is 0.405. The lowest BCUT2D eigenvalue weighted by Gasteiger charge is -2.13. The summed E-state index contributed by atoms with van der Waals surface area (Å²) in [6.07, 6.45) is 5.71. The molecule has 0 aliphatic carbocycles. The van der Waals surface area contributed by atoms with E-state index >= 15 is 0 Å². The molecule has 0 saturated heterocycles. The van der Waals surface area contributed by atoms with Crippen molar-refractivity contribution in [1.29, 1.82) is 0 Å². The van der Waals surface area contributed by atoms with E-state index in [1.807, 2.05) is 0 Å². The van der Waals surface area contributed by atoms with Crippen LogP contribution in [0, 0.1) is 11.8 Å². The summed E-state index contributed by atoms with van der Waals surface area (Å²) in [5, 5.41) is 6.08. The van der Waals surface area contributed by atoms with Crippen LogP contribution in [0.5, 0.6) is 0 Å². The molecule has 0 radical (unpaired) electrons. The predicted octanol–water partition coefficient (Wildman–Crippen LogP) is 5.70. The largest absolute Gasteiger partial charge is 0.264 e. The molecule has 1 atom stereocenters.